The van der Waals surface area contributed by atoms with Gasteiger partial charge in [0.1, 0.15) is 17.3 Å². The van der Waals surface area contributed by atoms with Crippen LogP contribution in [0.15, 0.2) is 36.7 Å². The molecule has 0 radical (unpaired) electrons. The molecule has 2 rings (SSSR count). The van der Waals surface area contributed by atoms with Gasteiger partial charge in [-0.1, -0.05) is 23.7 Å². The number of rotatable bonds is 2. The van der Waals surface area contributed by atoms with Crippen LogP contribution in [0.5, 0.6) is 0 Å². The number of amides is 1. The number of anilines is 1. The molecule has 2 aromatic rings. The van der Waals surface area contributed by atoms with Gasteiger partial charge in [0.15, 0.2) is 0 Å². The molecule has 0 bridgehead atoms. The minimum Gasteiger partial charge on any atom is -0.306 e. The van der Waals surface area contributed by atoms with Gasteiger partial charge in [-0.15, -0.1) is 0 Å². The highest BCUT2D eigenvalue weighted by atomic mass is 35.5. The molecule has 8 heteroatoms. The van der Waals surface area contributed by atoms with Gasteiger partial charge in [-0.3, -0.25) is 4.79 Å². The minimum atomic E-state index is -4.61. The molecule has 0 spiro atoms. The summed E-state index contributed by atoms with van der Waals surface area (Å²) in [6.45, 7) is 0. The molecular formula is C12H7ClF3N3O. The normalized spacial score (nSPS) is 11.2. The quantitative estimate of drug-likeness (QED) is 0.865. The number of nitrogens with one attached hydrogen (secondary N) is 1. The molecule has 20 heavy (non-hydrogen) atoms. The van der Waals surface area contributed by atoms with Crippen LogP contribution in [-0.4, -0.2) is 15.9 Å². The standard InChI is InChI=1S/C12H7ClF3N3O/c13-9-5-10(18-6-17-9)19-11(20)7-3-1-2-4-8(7)12(14,15)16/h1-6H,(H,17,18,19,20). The molecule has 104 valence electrons. The molecule has 1 aromatic heterocycles. The molecule has 0 aliphatic carbocycles. The van der Waals surface area contributed by atoms with Crippen LogP contribution in [0.25, 0.3) is 0 Å². The van der Waals surface area contributed by atoms with E-state index in [9.17, 15) is 18.0 Å². The van der Waals surface area contributed by atoms with Crippen molar-refractivity contribution in [3.05, 3.63) is 52.9 Å². The average Bonchev–Trinajstić information content (AvgIpc) is 2.37. The Morgan fingerprint density at radius 2 is 1.90 bits per heavy atom. The number of hydrogen-bond acceptors (Lipinski definition) is 3. The summed E-state index contributed by atoms with van der Waals surface area (Å²) in [7, 11) is 0. The summed E-state index contributed by atoms with van der Waals surface area (Å²) in [5, 5.41) is 2.31. The zero-order valence-electron chi connectivity index (χ0n) is 9.78. The molecule has 1 amide bonds. The number of carbonyl (C=O) groups excluding carboxylic acids is 1. The van der Waals surface area contributed by atoms with Gasteiger partial charge < -0.3 is 5.32 Å². The van der Waals surface area contributed by atoms with Gasteiger partial charge in [0, 0.05) is 6.07 Å². The number of alkyl halides is 3. The van der Waals surface area contributed by atoms with Crippen molar-refractivity contribution in [2.45, 2.75) is 6.18 Å². The Hall–Kier alpha value is -2.15. The monoisotopic (exact) mass is 301 g/mol. The first-order chi connectivity index (χ1) is 9.38. The molecule has 1 aromatic carbocycles. The Bertz CT molecular complexity index is 646. The van der Waals surface area contributed by atoms with E-state index in [0.717, 1.165) is 18.5 Å². The van der Waals surface area contributed by atoms with E-state index in [2.05, 4.69) is 15.3 Å². The average molecular weight is 302 g/mol. The first-order valence-corrected chi connectivity index (χ1v) is 5.71. The van der Waals surface area contributed by atoms with Crippen molar-refractivity contribution in [1.29, 1.82) is 0 Å². The van der Waals surface area contributed by atoms with Gasteiger partial charge >= 0.3 is 6.18 Å². The summed E-state index contributed by atoms with van der Waals surface area (Å²) in [5.41, 5.74) is -1.51. The molecule has 0 fully saturated rings. The number of benzene rings is 1. The first-order valence-electron chi connectivity index (χ1n) is 5.33. The van der Waals surface area contributed by atoms with Crippen LogP contribution >= 0.6 is 11.6 Å². The van der Waals surface area contributed by atoms with E-state index in [1.54, 1.807) is 0 Å². The zero-order valence-corrected chi connectivity index (χ0v) is 10.5. The van der Waals surface area contributed by atoms with E-state index >= 15 is 0 Å². The summed E-state index contributed by atoms with van der Waals surface area (Å²) in [6.07, 6.45) is -3.52. The zero-order chi connectivity index (χ0) is 14.8. The minimum absolute atomic E-state index is 0.0203. The number of nitrogens with zero attached hydrogens (tertiary/aromatic N) is 2. The maximum atomic E-state index is 12.8. The van der Waals surface area contributed by atoms with E-state index in [0.29, 0.717) is 0 Å². The third-order valence-corrected chi connectivity index (χ3v) is 2.56. The van der Waals surface area contributed by atoms with Crippen LogP contribution in [0.4, 0.5) is 19.0 Å². The molecular weight excluding hydrogens is 295 g/mol. The SMILES string of the molecule is O=C(Nc1cc(Cl)ncn1)c1ccccc1C(F)(F)F. The van der Waals surface area contributed by atoms with E-state index < -0.39 is 23.2 Å². The van der Waals surface area contributed by atoms with Crippen molar-refractivity contribution >= 4 is 23.3 Å². The summed E-state index contributed by atoms with van der Waals surface area (Å²) >= 11 is 5.60. The highest BCUT2D eigenvalue weighted by Crippen LogP contribution is 2.32. The van der Waals surface area contributed by atoms with Crippen LogP contribution in [0, 0.1) is 0 Å². The lowest BCUT2D eigenvalue weighted by atomic mass is 10.1. The fourth-order valence-electron chi connectivity index (χ4n) is 1.51. The second-order valence-corrected chi connectivity index (χ2v) is 4.11. The molecule has 0 saturated heterocycles. The molecule has 4 nitrogen and oxygen atoms in total. The maximum absolute atomic E-state index is 12.8. The van der Waals surface area contributed by atoms with Crippen LogP contribution in [-0.2, 0) is 6.18 Å². The Morgan fingerprint density at radius 1 is 1.20 bits per heavy atom. The van der Waals surface area contributed by atoms with Crippen molar-refractivity contribution in [1.82, 2.24) is 9.97 Å². The molecule has 0 saturated carbocycles. The second kappa shape index (κ2) is 5.46. The number of hydrogen-bond donors (Lipinski definition) is 1. The topological polar surface area (TPSA) is 54.9 Å². The molecule has 1 N–H and O–H groups in total. The summed E-state index contributed by atoms with van der Waals surface area (Å²) in [5.74, 6) is -0.903. The van der Waals surface area contributed by atoms with Crippen molar-refractivity contribution in [2.24, 2.45) is 0 Å². The molecule has 1 heterocycles. The van der Waals surface area contributed by atoms with Crippen molar-refractivity contribution in [3.8, 4) is 0 Å². The maximum Gasteiger partial charge on any atom is 0.417 e. The lowest BCUT2D eigenvalue weighted by molar-refractivity contribution is -0.137. The summed E-state index contributed by atoms with van der Waals surface area (Å²) in [4.78, 5) is 19.2. The third kappa shape index (κ3) is 3.24. The fourth-order valence-corrected chi connectivity index (χ4v) is 1.66. The Balaban J connectivity index is 2.31. The van der Waals surface area contributed by atoms with Gasteiger partial charge in [-0.2, -0.15) is 13.2 Å². The lowest BCUT2D eigenvalue weighted by Gasteiger charge is -2.12. The Labute approximate surface area is 116 Å². The van der Waals surface area contributed by atoms with Crippen molar-refractivity contribution in [3.63, 3.8) is 0 Å². The van der Waals surface area contributed by atoms with Crippen LogP contribution in [0.1, 0.15) is 15.9 Å². The predicted molar refractivity (Wildman–Crippen MR) is 66.4 cm³/mol. The molecule has 0 aliphatic rings. The summed E-state index contributed by atoms with van der Waals surface area (Å²) < 4.78 is 38.4. The fraction of sp³-hybridized carbons (Fsp3) is 0.0833. The van der Waals surface area contributed by atoms with Crippen LogP contribution < -0.4 is 5.32 Å². The van der Waals surface area contributed by atoms with Crippen LogP contribution in [0.3, 0.4) is 0 Å². The van der Waals surface area contributed by atoms with E-state index in [-0.39, 0.29) is 11.0 Å². The highest BCUT2D eigenvalue weighted by Gasteiger charge is 2.34. The molecule has 0 atom stereocenters. The van der Waals surface area contributed by atoms with Crippen molar-refractivity contribution < 1.29 is 18.0 Å². The van der Waals surface area contributed by atoms with Gasteiger partial charge in [-0.05, 0) is 12.1 Å². The van der Waals surface area contributed by atoms with E-state index in [1.807, 2.05) is 0 Å². The number of carbonyl (C=O) groups is 1. The van der Waals surface area contributed by atoms with E-state index in [4.69, 9.17) is 11.6 Å². The first kappa shape index (κ1) is 14.3. The van der Waals surface area contributed by atoms with E-state index in [1.165, 1.54) is 18.2 Å². The highest BCUT2D eigenvalue weighted by molar-refractivity contribution is 6.29. The summed E-state index contributed by atoms with van der Waals surface area (Å²) in [6, 6.07) is 5.71. The lowest BCUT2D eigenvalue weighted by Crippen LogP contribution is -2.19. The third-order valence-electron chi connectivity index (χ3n) is 2.35. The Kier molecular flexibility index (Phi) is 3.89. The largest absolute Gasteiger partial charge is 0.417 e. The number of halogens is 4. The Morgan fingerprint density at radius 3 is 2.55 bits per heavy atom. The predicted octanol–water partition coefficient (Wildman–Crippen LogP) is 3.40. The number of aromatic nitrogens is 2. The molecule has 0 unspecified atom stereocenters. The van der Waals surface area contributed by atoms with Gasteiger partial charge in [-0.25, -0.2) is 9.97 Å². The van der Waals surface area contributed by atoms with Gasteiger partial charge in [0.05, 0.1) is 11.1 Å². The second-order valence-electron chi connectivity index (χ2n) is 3.72. The van der Waals surface area contributed by atoms with Gasteiger partial charge in [0.2, 0.25) is 0 Å². The van der Waals surface area contributed by atoms with Crippen molar-refractivity contribution in [2.75, 3.05) is 5.32 Å². The van der Waals surface area contributed by atoms with Gasteiger partial charge in [0.25, 0.3) is 5.91 Å². The van der Waals surface area contributed by atoms with Crippen LogP contribution in [0.2, 0.25) is 5.15 Å². The molecule has 0 aliphatic heterocycles. The smallest absolute Gasteiger partial charge is 0.306 e.